The van der Waals surface area contributed by atoms with Crippen LogP contribution in [0.3, 0.4) is 0 Å². The van der Waals surface area contributed by atoms with Gasteiger partial charge in [0.1, 0.15) is 0 Å². The third-order valence-electron chi connectivity index (χ3n) is 9.27. The average Bonchev–Trinajstić information content (AvgIpc) is 3.17. The number of fused-ring (bicyclic) bond motifs is 1. The molecular formula is C32H46O4. The van der Waals surface area contributed by atoms with E-state index in [2.05, 4.69) is 38.6 Å². The fourth-order valence-electron chi connectivity index (χ4n) is 7.20. The molecule has 0 saturated heterocycles. The molecule has 3 N–H and O–H groups in total. The molecule has 0 heterocycles. The molecule has 0 unspecified atom stereocenters. The summed E-state index contributed by atoms with van der Waals surface area (Å²) in [6, 6.07) is 8.07. The van der Waals surface area contributed by atoms with Gasteiger partial charge in [0.25, 0.3) is 0 Å². The Hall–Kier alpha value is -1.72. The van der Waals surface area contributed by atoms with Crippen molar-refractivity contribution in [3.63, 3.8) is 0 Å². The Morgan fingerprint density at radius 3 is 2.75 bits per heavy atom. The summed E-state index contributed by atoms with van der Waals surface area (Å²) in [4.78, 5) is 0. The lowest BCUT2D eigenvalue weighted by Gasteiger charge is -2.44. The number of allylic oxidation sites excluding steroid dienone is 3. The van der Waals surface area contributed by atoms with Crippen molar-refractivity contribution in [3.8, 4) is 0 Å². The largest absolute Gasteiger partial charge is 0.393 e. The minimum absolute atomic E-state index is 0.287. The highest BCUT2D eigenvalue weighted by molar-refractivity contribution is 5.38. The quantitative estimate of drug-likeness (QED) is 0.422. The van der Waals surface area contributed by atoms with Gasteiger partial charge in [-0.2, -0.15) is 0 Å². The molecule has 3 aliphatic carbocycles. The summed E-state index contributed by atoms with van der Waals surface area (Å²) in [5.41, 5.74) is 4.74. The highest BCUT2D eigenvalue weighted by Crippen LogP contribution is 2.59. The normalized spacial score (nSPS) is 34.2. The molecule has 3 aliphatic rings. The Morgan fingerprint density at radius 2 is 2.00 bits per heavy atom. The van der Waals surface area contributed by atoms with Gasteiger partial charge in [0, 0.05) is 13.0 Å². The number of hydrogen-bond donors (Lipinski definition) is 3. The molecule has 0 spiro atoms. The number of rotatable bonds is 7. The highest BCUT2D eigenvalue weighted by atomic mass is 16.5. The molecule has 1 aromatic carbocycles. The summed E-state index contributed by atoms with van der Waals surface area (Å²) >= 11 is 0. The Morgan fingerprint density at radius 1 is 1.22 bits per heavy atom. The van der Waals surface area contributed by atoms with Crippen LogP contribution < -0.4 is 0 Å². The maximum absolute atomic E-state index is 10.3. The van der Waals surface area contributed by atoms with Crippen molar-refractivity contribution < 1.29 is 20.1 Å². The number of aliphatic hydroxyl groups excluding tert-OH is 2. The van der Waals surface area contributed by atoms with Gasteiger partial charge in [0.05, 0.1) is 24.4 Å². The summed E-state index contributed by atoms with van der Waals surface area (Å²) in [7, 11) is 0. The van der Waals surface area contributed by atoms with Gasteiger partial charge in [-0.05, 0) is 97.8 Å². The molecule has 3 fully saturated rings. The van der Waals surface area contributed by atoms with Crippen LogP contribution in [0.1, 0.15) is 83.8 Å². The van der Waals surface area contributed by atoms with E-state index in [0.29, 0.717) is 37.2 Å². The number of benzene rings is 1. The van der Waals surface area contributed by atoms with E-state index in [1.54, 1.807) is 0 Å². The Balaban J connectivity index is 1.39. The summed E-state index contributed by atoms with van der Waals surface area (Å²) < 4.78 is 6.21. The van der Waals surface area contributed by atoms with Crippen LogP contribution >= 0.6 is 0 Å². The van der Waals surface area contributed by atoms with Crippen molar-refractivity contribution in [3.05, 3.63) is 70.8 Å². The van der Waals surface area contributed by atoms with E-state index in [-0.39, 0.29) is 5.41 Å². The lowest BCUT2D eigenvalue weighted by atomic mass is 9.61. The summed E-state index contributed by atoms with van der Waals surface area (Å²) in [6.07, 6.45) is 10.3. The van der Waals surface area contributed by atoms with E-state index in [1.807, 2.05) is 32.0 Å². The smallest absolute Gasteiger partial charge is 0.0840 e. The van der Waals surface area contributed by atoms with Gasteiger partial charge in [-0.15, -0.1) is 0 Å². The van der Waals surface area contributed by atoms with Crippen LogP contribution in [0.4, 0.5) is 0 Å². The zero-order valence-corrected chi connectivity index (χ0v) is 22.7. The van der Waals surface area contributed by atoms with E-state index in [0.717, 1.165) is 35.3 Å². The third-order valence-corrected chi connectivity index (χ3v) is 9.27. The van der Waals surface area contributed by atoms with Gasteiger partial charge in [-0.25, -0.2) is 0 Å². The number of hydrogen-bond acceptors (Lipinski definition) is 4. The maximum Gasteiger partial charge on any atom is 0.0840 e. The molecule has 198 valence electrons. The Kier molecular flexibility index (Phi) is 8.31. The molecule has 0 aliphatic heterocycles. The van der Waals surface area contributed by atoms with Gasteiger partial charge in [-0.1, -0.05) is 62.4 Å². The van der Waals surface area contributed by atoms with Crippen molar-refractivity contribution in [2.75, 3.05) is 6.61 Å². The molecule has 4 nitrogen and oxygen atoms in total. The molecule has 4 rings (SSSR count). The molecule has 0 radical (unpaired) electrons. The molecule has 0 amide bonds. The second-order valence-corrected chi connectivity index (χ2v) is 12.4. The van der Waals surface area contributed by atoms with E-state index in [1.165, 1.54) is 31.3 Å². The van der Waals surface area contributed by atoms with Gasteiger partial charge in [0.15, 0.2) is 0 Å². The predicted molar refractivity (Wildman–Crippen MR) is 145 cm³/mol. The minimum Gasteiger partial charge on any atom is -0.393 e. The van der Waals surface area contributed by atoms with Crippen LogP contribution in [0.5, 0.6) is 0 Å². The van der Waals surface area contributed by atoms with E-state index >= 15 is 0 Å². The van der Waals surface area contributed by atoms with Gasteiger partial charge in [0.2, 0.25) is 0 Å². The van der Waals surface area contributed by atoms with Crippen LogP contribution in [-0.4, -0.2) is 34.1 Å². The van der Waals surface area contributed by atoms with Crippen LogP contribution in [0, 0.1) is 23.2 Å². The summed E-state index contributed by atoms with van der Waals surface area (Å²) in [5, 5.41) is 30.6. The highest BCUT2D eigenvalue weighted by Gasteiger charge is 2.50. The first-order valence-electron chi connectivity index (χ1n) is 13.8. The second kappa shape index (κ2) is 10.9. The predicted octanol–water partition coefficient (Wildman–Crippen LogP) is 6.21. The number of aliphatic hydroxyl groups is 3. The molecule has 1 aromatic rings. The van der Waals surface area contributed by atoms with Crippen LogP contribution in [-0.2, 0) is 16.9 Å². The average molecular weight is 495 g/mol. The Bertz CT molecular complexity index is 1000. The van der Waals surface area contributed by atoms with Crippen LogP contribution in [0.25, 0.3) is 0 Å². The van der Waals surface area contributed by atoms with Crippen molar-refractivity contribution >= 4 is 0 Å². The molecule has 4 heteroatoms. The second-order valence-electron chi connectivity index (χ2n) is 12.4. The minimum atomic E-state index is -0.845. The van der Waals surface area contributed by atoms with Crippen molar-refractivity contribution in [1.82, 2.24) is 0 Å². The molecular weight excluding hydrogens is 448 g/mol. The number of ether oxygens (including phenoxy) is 1. The van der Waals surface area contributed by atoms with E-state index < -0.39 is 17.8 Å². The standard InChI is InChI=1S/C32H46O4/c1-21(19-36-20-23-8-6-10-26(16-23)31(3,4)35)28-13-14-29-24(9-7-15-32(28,29)5)11-12-25-17-27(33)18-30(34)22(25)2/h6,8,10-12,16,21,27-30,33-35H,2,7,9,13-15,17-20H2,1,3-5H3/t21-,27+,28+,29-,30-,32+/m0/s1. The van der Waals surface area contributed by atoms with Gasteiger partial charge >= 0.3 is 0 Å². The first-order chi connectivity index (χ1) is 17.0. The molecule has 0 bridgehead atoms. The van der Waals surface area contributed by atoms with Crippen molar-refractivity contribution in [2.24, 2.45) is 23.2 Å². The lowest BCUT2D eigenvalue weighted by Crippen LogP contribution is -2.37. The van der Waals surface area contributed by atoms with E-state index in [4.69, 9.17) is 4.74 Å². The topological polar surface area (TPSA) is 69.9 Å². The zero-order chi connectivity index (χ0) is 26.1. The van der Waals surface area contributed by atoms with Gasteiger partial charge in [-0.3, -0.25) is 0 Å². The van der Waals surface area contributed by atoms with Crippen LogP contribution in [0.15, 0.2) is 59.7 Å². The maximum atomic E-state index is 10.3. The lowest BCUT2D eigenvalue weighted by molar-refractivity contribution is 0.0275. The monoisotopic (exact) mass is 494 g/mol. The molecule has 0 aromatic heterocycles. The van der Waals surface area contributed by atoms with E-state index in [9.17, 15) is 15.3 Å². The molecule has 6 atom stereocenters. The summed E-state index contributed by atoms with van der Waals surface area (Å²) in [6.45, 7) is 13.9. The first-order valence-corrected chi connectivity index (χ1v) is 13.8. The fraction of sp³-hybridized carbons (Fsp3) is 0.625. The molecule has 3 saturated carbocycles. The first kappa shape index (κ1) is 27.3. The van der Waals surface area contributed by atoms with Crippen LogP contribution in [0.2, 0.25) is 0 Å². The zero-order valence-electron chi connectivity index (χ0n) is 22.7. The summed E-state index contributed by atoms with van der Waals surface area (Å²) in [5.74, 6) is 1.71. The molecule has 36 heavy (non-hydrogen) atoms. The van der Waals surface area contributed by atoms with Crippen molar-refractivity contribution in [2.45, 2.75) is 97.1 Å². The SMILES string of the molecule is C=C1C(=CC=C2CCC[C@]3(C)[C@@H]([C@@H](C)COCc4cccc(C(C)(C)O)c4)CC[C@@H]23)C[C@@H](O)C[C@@H]1O. The van der Waals surface area contributed by atoms with Crippen molar-refractivity contribution in [1.29, 1.82) is 0 Å². The van der Waals surface area contributed by atoms with Gasteiger partial charge < -0.3 is 20.1 Å². The third kappa shape index (κ3) is 5.88. The Labute approximate surface area is 217 Å². The fourth-order valence-corrected chi connectivity index (χ4v) is 7.20.